The smallest absolute Gasteiger partial charge is 0.306 e. The van der Waals surface area contributed by atoms with E-state index in [9.17, 15) is 19.5 Å². The molecule has 0 aromatic heterocycles. The van der Waals surface area contributed by atoms with Crippen LogP contribution in [-0.4, -0.2) is 39.6 Å². The highest BCUT2D eigenvalue weighted by molar-refractivity contribution is 5.83. The molecule has 1 saturated carbocycles. The van der Waals surface area contributed by atoms with Gasteiger partial charge in [-0.2, -0.15) is 0 Å². The predicted octanol–water partition coefficient (Wildman–Crippen LogP) is 6.63. The van der Waals surface area contributed by atoms with Gasteiger partial charge in [0, 0.05) is 25.2 Å². The number of unbranched alkanes of at least 4 members (excludes halogenated alkanes) is 7. The van der Waals surface area contributed by atoms with Crippen LogP contribution in [0.2, 0.25) is 0 Å². The minimum Gasteiger partial charge on any atom is -0.481 e. The molecule has 1 rings (SSSR count). The molecule has 0 amide bonds. The summed E-state index contributed by atoms with van der Waals surface area (Å²) in [5.41, 5.74) is -0.415. The average molecular weight is 495 g/mol. The van der Waals surface area contributed by atoms with Gasteiger partial charge in [0.25, 0.3) is 0 Å². The number of Topliss-reactive ketones (excluding diaryl/α,β-unsaturated/α-hetero) is 1. The Kier molecular flexibility index (Phi) is 15.1. The first-order chi connectivity index (χ1) is 16.5. The van der Waals surface area contributed by atoms with E-state index in [1.165, 1.54) is 0 Å². The average Bonchev–Trinajstić information content (AvgIpc) is 3.11. The van der Waals surface area contributed by atoms with Crippen LogP contribution in [0.4, 0.5) is 0 Å². The van der Waals surface area contributed by atoms with Gasteiger partial charge in [-0.15, -0.1) is 0 Å². The van der Waals surface area contributed by atoms with Crippen molar-refractivity contribution in [3.8, 4) is 0 Å². The number of aliphatic hydroxyl groups excluding tert-OH is 1. The van der Waals surface area contributed by atoms with E-state index in [1.807, 2.05) is 26.8 Å². The third-order valence-corrected chi connectivity index (χ3v) is 6.91. The van der Waals surface area contributed by atoms with Gasteiger partial charge in [-0.05, 0) is 64.7 Å². The van der Waals surface area contributed by atoms with Crippen molar-refractivity contribution < 1.29 is 29.3 Å². The van der Waals surface area contributed by atoms with E-state index >= 15 is 0 Å². The van der Waals surface area contributed by atoms with Crippen LogP contribution < -0.4 is 0 Å². The number of ether oxygens (including phenoxy) is 1. The number of carboxylic acids is 1. The molecule has 0 bridgehead atoms. The molecule has 0 spiro atoms. The maximum Gasteiger partial charge on any atom is 0.306 e. The largest absolute Gasteiger partial charge is 0.481 e. The maximum absolute atomic E-state index is 12.3. The van der Waals surface area contributed by atoms with Crippen molar-refractivity contribution in [3.63, 3.8) is 0 Å². The number of esters is 1. The van der Waals surface area contributed by atoms with E-state index in [0.29, 0.717) is 25.0 Å². The van der Waals surface area contributed by atoms with Gasteiger partial charge in [-0.3, -0.25) is 14.4 Å². The monoisotopic (exact) mass is 494 g/mol. The first kappa shape index (κ1) is 31.3. The summed E-state index contributed by atoms with van der Waals surface area (Å²) >= 11 is 0. The molecule has 0 aliphatic heterocycles. The Morgan fingerprint density at radius 2 is 1.60 bits per heavy atom. The second-order valence-electron chi connectivity index (χ2n) is 11.4. The van der Waals surface area contributed by atoms with Crippen molar-refractivity contribution in [1.29, 1.82) is 0 Å². The summed E-state index contributed by atoms with van der Waals surface area (Å²) in [5.74, 6) is -0.0910. The number of allylic oxidation sites excluding steroid dienone is 1. The van der Waals surface area contributed by atoms with E-state index in [-0.39, 0.29) is 30.1 Å². The number of rotatable bonds is 18. The number of carbonyl (C=O) groups excluding carboxylic acids is 2. The lowest BCUT2D eigenvalue weighted by atomic mass is 9.88. The first-order valence-electron chi connectivity index (χ1n) is 13.8. The van der Waals surface area contributed by atoms with Gasteiger partial charge in [-0.1, -0.05) is 64.0 Å². The fourth-order valence-electron chi connectivity index (χ4n) is 4.81. The van der Waals surface area contributed by atoms with Crippen molar-refractivity contribution in [2.45, 2.75) is 136 Å². The Hall–Kier alpha value is -1.69. The van der Waals surface area contributed by atoms with Crippen molar-refractivity contribution >= 4 is 17.7 Å². The quantitative estimate of drug-likeness (QED) is 0.126. The molecule has 0 aromatic carbocycles. The summed E-state index contributed by atoms with van der Waals surface area (Å²) in [5, 5.41) is 19.3. The summed E-state index contributed by atoms with van der Waals surface area (Å²) < 4.78 is 5.33. The number of carboxylic acid groups (broad SMARTS) is 1. The number of aliphatic hydroxyl groups is 1. The van der Waals surface area contributed by atoms with E-state index < -0.39 is 17.7 Å². The second-order valence-corrected chi connectivity index (χ2v) is 11.4. The zero-order chi connectivity index (χ0) is 26.3. The summed E-state index contributed by atoms with van der Waals surface area (Å²) in [6.07, 6.45) is 16.1. The lowest BCUT2D eigenvalue weighted by Crippen LogP contribution is -2.23. The van der Waals surface area contributed by atoms with Crippen LogP contribution in [0.15, 0.2) is 12.2 Å². The van der Waals surface area contributed by atoms with Gasteiger partial charge in [0.2, 0.25) is 0 Å². The van der Waals surface area contributed by atoms with Gasteiger partial charge in [0.05, 0.1) is 6.10 Å². The van der Waals surface area contributed by atoms with Crippen molar-refractivity contribution in [2.24, 2.45) is 17.8 Å². The highest BCUT2D eigenvalue weighted by Gasteiger charge is 2.32. The fraction of sp³-hybridized carbons (Fsp3) is 0.828. The number of carbonyl (C=O) groups is 3. The molecule has 0 heterocycles. The Morgan fingerprint density at radius 3 is 2.26 bits per heavy atom. The SMILES string of the molecule is CC(CCCCCCCC(=O)OC(C)(C)C)C(O)C=CC1CCC(=O)C1CCCCCCC(=O)O. The standard InChI is InChI=1S/C29H50O6/c1-22(14-10-6-5-7-13-17-28(34)35-29(2,3)4)25(30)20-18-23-19-21-26(31)24(23)15-11-8-9-12-16-27(32)33/h18,20,22-25,30H,5-17,19,21H2,1-4H3,(H,32,33). The summed E-state index contributed by atoms with van der Waals surface area (Å²) in [6.45, 7) is 7.73. The Bertz CT molecular complexity index is 663. The highest BCUT2D eigenvalue weighted by atomic mass is 16.6. The minimum atomic E-state index is -0.746. The lowest BCUT2D eigenvalue weighted by molar-refractivity contribution is -0.155. The molecular weight excluding hydrogens is 444 g/mol. The van der Waals surface area contributed by atoms with E-state index in [1.54, 1.807) is 0 Å². The number of aliphatic carboxylic acids is 1. The molecule has 6 heteroatoms. The van der Waals surface area contributed by atoms with Gasteiger partial charge in [0.15, 0.2) is 0 Å². The highest BCUT2D eigenvalue weighted by Crippen LogP contribution is 2.34. The van der Waals surface area contributed by atoms with Crippen LogP contribution in [0.3, 0.4) is 0 Å². The molecule has 0 radical (unpaired) electrons. The van der Waals surface area contributed by atoms with Gasteiger partial charge >= 0.3 is 11.9 Å². The van der Waals surface area contributed by atoms with Crippen molar-refractivity contribution in [2.75, 3.05) is 0 Å². The molecule has 35 heavy (non-hydrogen) atoms. The molecule has 202 valence electrons. The van der Waals surface area contributed by atoms with E-state index in [4.69, 9.17) is 9.84 Å². The number of hydrogen-bond donors (Lipinski definition) is 2. The third kappa shape index (κ3) is 15.1. The van der Waals surface area contributed by atoms with Crippen LogP contribution in [0.5, 0.6) is 0 Å². The second kappa shape index (κ2) is 16.9. The van der Waals surface area contributed by atoms with Crippen molar-refractivity contribution in [3.05, 3.63) is 12.2 Å². The fourth-order valence-corrected chi connectivity index (χ4v) is 4.81. The molecule has 6 nitrogen and oxygen atoms in total. The molecule has 1 aliphatic rings. The van der Waals surface area contributed by atoms with Crippen LogP contribution in [0, 0.1) is 17.8 Å². The van der Waals surface area contributed by atoms with Crippen LogP contribution in [-0.2, 0) is 19.1 Å². The summed E-state index contributed by atoms with van der Waals surface area (Å²) in [6, 6.07) is 0. The normalized spacial score (nSPS) is 20.3. The lowest BCUT2D eigenvalue weighted by Gasteiger charge is -2.19. The van der Waals surface area contributed by atoms with Gasteiger partial charge in [0.1, 0.15) is 11.4 Å². The number of ketones is 1. The Balaban J connectivity index is 2.21. The first-order valence-corrected chi connectivity index (χ1v) is 13.8. The molecule has 2 N–H and O–H groups in total. The van der Waals surface area contributed by atoms with Crippen LogP contribution >= 0.6 is 0 Å². The van der Waals surface area contributed by atoms with Crippen LogP contribution in [0.1, 0.15) is 124 Å². The third-order valence-electron chi connectivity index (χ3n) is 6.91. The number of hydrogen-bond acceptors (Lipinski definition) is 5. The molecule has 0 aromatic rings. The van der Waals surface area contributed by atoms with E-state index in [2.05, 4.69) is 13.0 Å². The maximum atomic E-state index is 12.3. The molecular formula is C29H50O6. The Labute approximate surface area is 212 Å². The van der Waals surface area contributed by atoms with Crippen LogP contribution in [0.25, 0.3) is 0 Å². The summed E-state index contributed by atoms with van der Waals surface area (Å²) in [7, 11) is 0. The predicted molar refractivity (Wildman–Crippen MR) is 139 cm³/mol. The molecule has 1 aliphatic carbocycles. The zero-order valence-corrected chi connectivity index (χ0v) is 22.6. The molecule has 4 atom stereocenters. The topological polar surface area (TPSA) is 101 Å². The molecule has 0 saturated heterocycles. The molecule has 4 unspecified atom stereocenters. The molecule has 1 fully saturated rings. The summed E-state index contributed by atoms with van der Waals surface area (Å²) in [4.78, 5) is 34.6. The minimum absolute atomic E-state index is 0.0499. The van der Waals surface area contributed by atoms with Crippen molar-refractivity contribution in [1.82, 2.24) is 0 Å². The Morgan fingerprint density at radius 1 is 1.00 bits per heavy atom. The van der Waals surface area contributed by atoms with E-state index in [0.717, 1.165) is 70.6 Å². The zero-order valence-electron chi connectivity index (χ0n) is 22.6. The van der Waals surface area contributed by atoms with Gasteiger partial charge in [-0.25, -0.2) is 0 Å². The van der Waals surface area contributed by atoms with Gasteiger partial charge < -0.3 is 14.9 Å².